The van der Waals surface area contributed by atoms with E-state index in [2.05, 4.69) is 39.1 Å². The zero-order valence-electron chi connectivity index (χ0n) is 10.4. The van der Waals surface area contributed by atoms with Crippen LogP contribution in [0.25, 0.3) is 0 Å². The molecule has 0 fully saturated rings. The highest BCUT2D eigenvalue weighted by Crippen LogP contribution is 2.06. The van der Waals surface area contributed by atoms with Crippen molar-refractivity contribution in [3.8, 4) is 0 Å². The van der Waals surface area contributed by atoms with Crippen molar-refractivity contribution < 1.29 is 0 Å². The number of hydrogen-bond acceptors (Lipinski definition) is 1. The van der Waals surface area contributed by atoms with E-state index in [1.165, 1.54) is 37.7 Å². The lowest BCUT2D eigenvalue weighted by molar-refractivity contribution is 0.452. The third kappa shape index (κ3) is 8.31. The Bertz CT molecular complexity index is 145. The van der Waals surface area contributed by atoms with Crippen LogP contribution in [-0.2, 0) is 0 Å². The molecule has 1 unspecified atom stereocenters. The number of unbranched alkanes of at least 4 members (excludes halogenated alkanes) is 1. The van der Waals surface area contributed by atoms with Gasteiger partial charge in [0.15, 0.2) is 0 Å². The fourth-order valence-electron chi connectivity index (χ4n) is 1.58. The third-order valence-corrected chi connectivity index (χ3v) is 2.46. The van der Waals surface area contributed by atoms with E-state index in [1.807, 2.05) is 0 Å². The summed E-state index contributed by atoms with van der Waals surface area (Å²) in [6.45, 7) is 9.88. The number of allylic oxidation sites excluding steroid dienone is 1. The normalized spacial score (nSPS) is 12.6. The van der Waals surface area contributed by atoms with Crippen LogP contribution in [0.3, 0.4) is 0 Å². The van der Waals surface area contributed by atoms with E-state index in [-0.39, 0.29) is 0 Å². The number of rotatable bonds is 8. The fourth-order valence-corrected chi connectivity index (χ4v) is 1.58. The maximum Gasteiger partial charge on any atom is 0.0139 e. The van der Waals surface area contributed by atoms with Crippen LogP contribution < -0.4 is 5.32 Å². The third-order valence-electron chi connectivity index (χ3n) is 2.46. The summed E-state index contributed by atoms with van der Waals surface area (Å²) in [6, 6.07) is 0.732. The van der Waals surface area contributed by atoms with Gasteiger partial charge in [0.25, 0.3) is 0 Å². The molecule has 0 radical (unpaired) electrons. The largest absolute Gasteiger partial charge is 0.311 e. The van der Waals surface area contributed by atoms with Crippen LogP contribution >= 0.6 is 0 Å². The highest BCUT2D eigenvalue weighted by Gasteiger charge is 2.04. The molecule has 0 rings (SSSR count). The van der Waals surface area contributed by atoms with Gasteiger partial charge in [0.05, 0.1) is 0 Å². The molecule has 1 N–H and O–H groups in total. The van der Waals surface area contributed by atoms with Gasteiger partial charge in [-0.25, -0.2) is 0 Å². The average molecular weight is 197 g/mol. The maximum atomic E-state index is 3.61. The Labute approximate surface area is 90.0 Å². The molecule has 0 spiro atoms. The predicted molar refractivity (Wildman–Crippen MR) is 65.7 cm³/mol. The molecular weight excluding hydrogens is 170 g/mol. The van der Waals surface area contributed by atoms with Gasteiger partial charge in [-0.2, -0.15) is 0 Å². The lowest BCUT2D eigenvalue weighted by Crippen LogP contribution is -2.29. The smallest absolute Gasteiger partial charge is 0.0139 e. The molecule has 0 amide bonds. The van der Waals surface area contributed by atoms with Crippen LogP contribution in [0.1, 0.15) is 59.8 Å². The van der Waals surface area contributed by atoms with Gasteiger partial charge < -0.3 is 5.32 Å². The van der Waals surface area contributed by atoms with Gasteiger partial charge in [-0.05, 0) is 26.7 Å². The predicted octanol–water partition coefficient (Wildman–Crippen LogP) is 3.90. The first-order valence-corrected chi connectivity index (χ1v) is 6.07. The van der Waals surface area contributed by atoms with Gasteiger partial charge in [-0.1, -0.05) is 44.8 Å². The van der Waals surface area contributed by atoms with Gasteiger partial charge >= 0.3 is 0 Å². The van der Waals surface area contributed by atoms with Crippen LogP contribution in [-0.4, -0.2) is 12.6 Å². The number of hydrogen-bond donors (Lipinski definition) is 1. The Morgan fingerprint density at radius 3 is 2.36 bits per heavy atom. The summed E-state index contributed by atoms with van der Waals surface area (Å²) in [5.41, 5.74) is 1.41. The molecular formula is C13H27N. The lowest BCUT2D eigenvalue weighted by Gasteiger charge is -2.16. The molecule has 0 aromatic carbocycles. The molecule has 1 nitrogen and oxygen atoms in total. The first-order valence-electron chi connectivity index (χ1n) is 6.07. The summed E-state index contributed by atoms with van der Waals surface area (Å²) in [4.78, 5) is 0. The SMILES string of the molecule is CCCCC(CCC)NCC=C(C)C. The van der Waals surface area contributed by atoms with Crippen molar-refractivity contribution in [1.29, 1.82) is 0 Å². The second-order valence-electron chi connectivity index (χ2n) is 4.32. The van der Waals surface area contributed by atoms with Gasteiger partial charge in [-0.15, -0.1) is 0 Å². The van der Waals surface area contributed by atoms with E-state index in [1.54, 1.807) is 0 Å². The van der Waals surface area contributed by atoms with Crippen LogP contribution in [0.15, 0.2) is 11.6 Å². The Morgan fingerprint density at radius 1 is 1.14 bits per heavy atom. The molecule has 0 aromatic rings. The second-order valence-corrected chi connectivity index (χ2v) is 4.32. The van der Waals surface area contributed by atoms with E-state index in [9.17, 15) is 0 Å². The van der Waals surface area contributed by atoms with Gasteiger partial charge in [-0.3, -0.25) is 0 Å². The minimum absolute atomic E-state index is 0.732. The van der Waals surface area contributed by atoms with Crippen molar-refractivity contribution in [2.45, 2.75) is 65.8 Å². The monoisotopic (exact) mass is 197 g/mol. The quantitative estimate of drug-likeness (QED) is 0.582. The molecule has 0 saturated heterocycles. The van der Waals surface area contributed by atoms with Crippen molar-refractivity contribution in [2.75, 3.05) is 6.54 Å². The van der Waals surface area contributed by atoms with Crippen molar-refractivity contribution in [1.82, 2.24) is 5.32 Å². The minimum Gasteiger partial charge on any atom is -0.311 e. The molecule has 1 atom stereocenters. The lowest BCUT2D eigenvalue weighted by atomic mass is 10.1. The fraction of sp³-hybridized carbons (Fsp3) is 0.846. The molecule has 0 saturated carbocycles. The Kier molecular flexibility index (Phi) is 9.06. The van der Waals surface area contributed by atoms with E-state index < -0.39 is 0 Å². The summed E-state index contributed by atoms with van der Waals surface area (Å²) in [5.74, 6) is 0. The zero-order chi connectivity index (χ0) is 10.8. The molecule has 0 aliphatic heterocycles. The second kappa shape index (κ2) is 9.26. The van der Waals surface area contributed by atoms with E-state index in [0.717, 1.165) is 12.6 Å². The highest BCUT2D eigenvalue weighted by atomic mass is 14.9. The summed E-state index contributed by atoms with van der Waals surface area (Å²) >= 11 is 0. The maximum absolute atomic E-state index is 3.61. The molecule has 0 aromatic heterocycles. The van der Waals surface area contributed by atoms with Gasteiger partial charge in [0.2, 0.25) is 0 Å². The standard InChI is InChI=1S/C13H27N/c1-5-7-9-13(8-6-2)14-11-10-12(3)4/h10,13-14H,5-9,11H2,1-4H3. The Morgan fingerprint density at radius 2 is 1.86 bits per heavy atom. The molecule has 14 heavy (non-hydrogen) atoms. The highest BCUT2D eigenvalue weighted by molar-refractivity contribution is 4.94. The summed E-state index contributed by atoms with van der Waals surface area (Å²) < 4.78 is 0. The summed E-state index contributed by atoms with van der Waals surface area (Å²) in [7, 11) is 0. The van der Waals surface area contributed by atoms with Gasteiger partial charge in [0, 0.05) is 12.6 Å². The summed E-state index contributed by atoms with van der Waals surface area (Å²) in [6.07, 6.45) is 8.87. The van der Waals surface area contributed by atoms with Gasteiger partial charge in [0.1, 0.15) is 0 Å². The van der Waals surface area contributed by atoms with E-state index in [4.69, 9.17) is 0 Å². The van der Waals surface area contributed by atoms with Crippen molar-refractivity contribution in [2.24, 2.45) is 0 Å². The Hall–Kier alpha value is -0.300. The van der Waals surface area contributed by atoms with E-state index in [0.29, 0.717) is 0 Å². The molecule has 0 heterocycles. The van der Waals surface area contributed by atoms with Crippen molar-refractivity contribution in [3.63, 3.8) is 0 Å². The average Bonchev–Trinajstić information content (AvgIpc) is 2.13. The molecule has 84 valence electrons. The minimum atomic E-state index is 0.732. The number of nitrogens with one attached hydrogen (secondary N) is 1. The van der Waals surface area contributed by atoms with Crippen LogP contribution in [0.4, 0.5) is 0 Å². The van der Waals surface area contributed by atoms with Crippen molar-refractivity contribution in [3.05, 3.63) is 11.6 Å². The topological polar surface area (TPSA) is 12.0 Å². The van der Waals surface area contributed by atoms with Crippen LogP contribution in [0.5, 0.6) is 0 Å². The van der Waals surface area contributed by atoms with E-state index >= 15 is 0 Å². The zero-order valence-corrected chi connectivity index (χ0v) is 10.4. The van der Waals surface area contributed by atoms with Crippen LogP contribution in [0, 0.1) is 0 Å². The first-order chi connectivity index (χ1) is 6.70. The Balaban J connectivity index is 3.66. The van der Waals surface area contributed by atoms with Crippen molar-refractivity contribution >= 4 is 0 Å². The molecule has 0 aliphatic carbocycles. The first kappa shape index (κ1) is 13.7. The molecule has 1 heteroatoms. The molecule has 0 bridgehead atoms. The van der Waals surface area contributed by atoms with Crippen LogP contribution in [0.2, 0.25) is 0 Å². The summed E-state index contributed by atoms with van der Waals surface area (Å²) in [5, 5.41) is 3.61. The molecule has 0 aliphatic rings.